The van der Waals surface area contributed by atoms with Gasteiger partial charge in [-0.15, -0.1) is 0 Å². The number of anilines is 2. The van der Waals surface area contributed by atoms with Gasteiger partial charge in [-0.2, -0.15) is 0 Å². The number of benzene rings is 2. The maximum absolute atomic E-state index is 12.3. The zero-order chi connectivity index (χ0) is 19.9. The van der Waals surface area contributed by atoms with Crippen LogP contribution in [0, 0.1) is 6.92 Å². The number of rotatable bonds is 6. The van der Waals surface area contributed by atoms with E-state index in [9.17, 15) is 9.59 Å². The molecule has 0 spiro atoms. The summed E-state index contributed by atoms with van der Waals surface area (Å²) in [6.07, 6.45) is 2.90. The average Bonchev–Trinajstić information content (AvgIpc) is 2.72. The van der Waals surface area contributed by atoms with Crippen molar-refractivity contribution in [1.82, 2.24) is 15.3 Å². The largest absolute Gasteiger partial charge is 0.465 e. The van der Waals surface area contributed by atoms with Crippen LogP contribution < -0.4 is 10.6 Å². The second kappa shape index (κ2) is 8.77. The van der Waals surface area contributed by atoms with Crippen LogP contribution in [-0.2, 0) is 11.3 Å². The molecule has 142 valence electrons. The number of amides is 1. The quantitative estimate of drug-likeness (QED) is 0.642. The van der Waals surface area contributed by atoms with Gasteiger partial charge in [0, 0.05) is 24.6 Å². The summed E-state index contributed by atoms with van der Waals surface area (Å²) in [5.74, 6) is -0.358. The molecule has 0 saturated heterocycles. The van der Waals surface area contributed by atoms with Crippen molar-refractivity contribution in [2.45, 2.75) is 13.5 Å². The Morgan fingerprint density at radius 3 is 2.46 bits per heavy atom. The second-order valence-corrected chi connectivity index (χ2v) is 6.16. The lowest BCUT2D eigenvalue weighted by Gasteiger charge is -2.08. The third-order valence-electron chi connectivity index (χ3n) is 3.99. The van der Waals surface area contributed by atoms with Crippen molar-refractivity contribution < 1.29 is 14.3 Å². The summed E-state index contributed by atoms with van der Waals surface area (Å²) in [5.41, 5.74) is 3.58. The predicted molar refractivity (Wildman–Crippen MR) is 105 cm³/mol. The number of hydrogen-bond donors (Lipinski definition) is 2. The van der Waals surface area contributed by atoms with E-state index in [1.165, 1.54) is 19.5 Å². The van der Waals surface area contributed by atoms with Gasteiger partial charge >= 0.3 is 5.97 Å². The smallest absolute Gasteiger partial charge is 0.337 e. The van der Waals surface area contributed by atoms with Crippen LogP contribution in [0.25, 0.3) is 0 Å². The van der Waals surface area contributed by atoms with Crippen molar-refractivity contribution in [3.8, 4) is 0 Å². The maximum Gasteiger partial charge on any atom is 0.337 e. The molecule has 3 rings (SSSR count). The van der Waals surface area contributed by atoms with Crippen LogP contribution in [0.15, 0.2) is 60.9 Å². The summed E-state index contributed by atoms with van der Waals surface area (Å²) in [7, 11) is 1.33. The fraction of sp³-hybridized carbons (Fsp3) is 0.143. The molecule has 1 amide bonds. The second-order valence-electron chi connectivity index (χ2n) is 6.16. The number of esters is 1. The third-order valence-corrected chi connectivity index (χ3v) is 3.99. The number of hydrogen-bond acceptors (Lipinski definition) is 6. The molecule has 0 aliphatic carbocycles. The van der Waals surface area contributed by atoms with E-state index < -0.39 is 5.97 Å². The molecule has 3 aromatic rings. The Morgan fingerprint density at radius 2 is 1.75 bits per heavy atom. The van der Waals surface area contributed by atoms with Gasteiger partial charge in [-0.25, -0.2) is 14.8 Å². The number of methoxy groups -OCH3 is 1. The molecule has 0 radical (unpaired) electrons. The van der Waals surface area contributed by atoms with Crippen LogP contribution in [0.4, 0.5) is 11.6 Å². The summed E-state index contributed by atoms with van der Waals surface area (Å²) in [6.45, 7) is 2.44. The highest BCUT2D eigenvalue weighted by atomic mass is 16.5. The minimum absolute atomic E-state index is 0.249. The van der Waals surface area contributed by atoms with E-state index in [1.807, 2.05) is 31.2 Å². The average molecular weight is 376 g/mol. The summed E-state index contributed by atoms with van der Waals surface area (Å²) < 4.78 is 4.70. The van der Waals surface area contributed by atoms with Crippen molar-refractivity contribution in [2.75, 3.05) is 12.4 Å². The lowest BCUT2D eigenvalue weighted by atomic mass is 10.1. The standard InChI is InChI=1S/C21H20N4O3/c1-14-5-3-6-15(9-14)11-22-19(26)17-12-23-21(24-13-17)25-18-8-4-7-16(10-18)20(27)28-2/h3-10,12-13H,11H2,1-2H3,(H,22,26)(H,23,24,25). The van der Waals surface area contributed by atoms with Gasteiger partial charge in [0.1, 0.15) is 0 Å². The molecule has 2 aromatic carbocycles. The van der Waals surface area contributed by atoms with E-state index in [4.69, 9.17) is 4.74 Å². The number of carbonyl (C=O) groups excluding carboxylic acids is 2. The van der Waals surface area contributed by atoms with E-state index in [0.717, 1.165) is 11.1 Å². The molecule has 0 saturated carbocycles. The minimum Gasteiger partial charge on any atom is -0.465 e. The first-order chi connectivity index (χ1) is 13.5. The Balaban J connectivity index is 1.61. The van der Waals surface area contributed by atoms with E-state index >= 15 is 0 Å². The highest BCUT2D eigenvalue weighted by Crippen LogP contribution is 2.15. The van der Waals surface area contributed by atoms with Crippen LogP contribution in [0.1, 0.15) is 31.8 Å². The Labute approximate surface area is 162 Å². The van der Waals surface area contributed by atoms with Crippen LogP contribution >= 0.6 is 0 Å². The van der Waals surface area contributed by atoms with Crippen LogP contribution in [0.2, 0.25) is 0 Å². The summed E-state index contributed by atoms with van der Waals surface area (Å²) >= 11 is 0. The molecule has 0 unspecified atom stereocenters. The molecule has 0 atom stereocenters. The Morgan fingerprint density at radius 1 is 1.00 bits per heavy atom. The van der Waals surface area contributed by atoms with E-state index in [2.05, 4.69) is 20.6 Å². The van der Waals surface area contributed by atoms with Crippen molar-refractivity contribution in [3.63, 3.8) is 0 Å². The van der Waals surface area contributed by atoms with Gasteiger partial charge in [-0.05, 0) is 30.7 Å². The molecule has 0 bridgehead atoms. The molecule has 0 aliphatic rings. The molecule has 2 N–H and O–H groups in total. The van der Waals surface area contributed by atoms with E-state index in [0.29, 0.717) is 29.3 Å². The highest BCUT2D eigenvalue weighted by Gasteiger charge is 2.09. The Hall–Kier alpha value is -3.74. The highest BCUT2D eigenvalue weighted by molar-refractivity contribution is 5.93. The zero-order valence-electron chi connectivity index (χ0n) is 15.6. The van der Waals surface area contributed by atoms with Crippen LogP contribution in [0.5, 0.6) is 0 Å². The number of carbonyl (C=O) groups is 2. The molecule has 0 aliphatic heterocycles. The number of ether oxygens (including phenoxy) is 1. The molecule has 7 nitrogen and oxygen atoms in total. The van der Waals surface area contributed by atoms with Gasteiger partial charge in [0.15, 0.2) is 0 Å². The summed E-state index contributed by atoms with van der Waals surface area (Å²) in [5, 5.41) is 5.84. The van der Waals surface area contributed by atoms with Crippen LogP contribution in [-0.4, -0.2) is 29.0 Å². The van der Waals surface area contributed by atoms with Gasteiger partial charge < -0.3 is 15.4 Å². The topological polar surface area (TPSA) is 93.2 Å². The van der Waals surface area contributed by atoms with Gasteiger partial charge in [0.05, 0.1) is 18.2 Å². The third kappa shape index (κ3) is 4.91. The van der Waals surface area contributed by atoms with Gasteiger partial charge in [0.2, 0.25) is 5.95 Å². The zero-order valence-corrected chi connectivity index (χ0v) is 15.6. The number of nitrogens with one attached hydrogen (secondary N) is 2. The number of aryl methyl sites for hydroxylation is 1. The monoisotopic (exact) mass is 376 g/mol. The van der Waals surface area contributed by atoms with Crippen molar-refractivity contribution in [3.05, 3.63) is 83.2 Å². The van der Waals surface area contributed by atoms with Gasteiger partial charge in [0.25, 0.3) is 5.91 Å². The molecular weight excluding hydrogens is 356 g/mol. The van der Waals surface area contributed by atoms with Gasteiger partial charge in [-0.3, -0.25) is 4.79 Å². The molecule has 28 heavy (non-hydrogen) atoms. The normalized spacial score (nSPS) is 10.2. The SMILES string of the molecule is COC(=O)c1cccc(Nc2ncc(C(=O)NCc3cccc(C)c3)cn2)c1. The molecule has 1 heterocycles. The summed E-state index contributed by atoms with van der Waals surface area (Å²) in [4.78, 5) is 32.2. The van der Waals surface area contributed by atoms with Crippen molar-refractivity contribution in [2.24, 2.45) is 0 Å². The first-order valence-electron chi connectivity index (χ1n) is 8.66. The summed E-state index contributed by atoms with van der Waals surface area (Å²) in [6, 6.07) is 14.7. The number of aromatic nitrogens is 2. The minimum atomic E-state index is -0.426. The van der Waals surface area contributed by atoms with Crippen LogP contribution in [0.3, 0.4) is 0 Å². The fourth-order valence-corrected chi connectivity index (χ4v) is 2.59. The van der Waals surface area contributed by atoms with Crippen molar-refractivity contribution >= 4 is 23.5 Å². The molecule has 7 heteroatoms. The predicted octanol–water partition coefficient (Wildman–Crippen LogP) is 3.25. The molecule has 1 aromatic heterocycles. The molecular formula is C21H20N4O3. The van der Waals surface area contributed by atoms with Gasteiger partial charge in [-0.1, -0.05) is 35.9 Å². The molecule has 0 fully saturated rings. The lowest BCUT2D eigenvalue weighted by Crippen LogP contribution is -2.23. The van der Waals surface area contributed by atoms with E-state index in [1.54, 1.807) is 24.3 Å². The Kier molecular flexibility index (Phi) is 5.96. The number of nitrogens with zero attached hydrogens (tertiary/aromatic N) is 2. The lowest BCUT2D eigenvalue weighted by molar-refractivity contribution is 0.0600. The maximum atomic E-state index is 12.3. The Bertz CT molecular complexity index is 987. The first-order valence-corrected chi connectivity index (χ1v) is 8.66. The fourth-order valence-electron chi connectivity index (χ4n) is 2.59. The van der Waals surface area contributed by atoms with E-state index in [-0.39, 0.29) is 5.91 Å². The van der Waals surface area contributed by atoms with Crippen molar-refractivity contribution in [1.29, 1.82) is 0 Å². The first kappa shape index (κ1) is 19.0.